The van der Waals surface area contributed by atoms with Crippen molar-refractivity contribution < 1.29 is 32.6 Å². The molecule has 0 fully saturated rings. The van der Waals surface area contributed by atoms with Gasteiger partial charge in [0, 0.05) is 11.4 Å². The summed E-state index contributed by atoms with van der Waals surface area (Å²) in [6, 6.07) is 10.7. The zero-order valence-electron chi connectivity index (χ0n) is 18.7. The van der Waals surface area contributed by atoms with E-state index in [1.54, 1.807) is 26.8 Å². The van der Waals surface area contributed by atoms with E-state index in [1.807, 2.05) is 0 Å². The lowest BCUT2D eigenvalue weighted by atomic mass is 10.2. The van der Waals surface area contributed by atoms with Crippen molar-refractivity contribution in [1.82, 2.24) is 4.72 Å². The monoisotopic (exact) mass is 488 g/mol. The van der Waals surface area contributed by atoms with Gasteiger partial charge in [0.1, 0.15) is 11.6 Å². The summed E-state index contributed by atoms with van der Waals surface area (Å²) in [6.07, 6.45) is -1.15. The number of nitrogens with one attached hydrogen (secondary N) is 3. The minimum absolute atomic E-state index is 0.0110. The van der Waals surface area contributed by atoms with Gasteiger partial charge in [-0.3, -0.25) is 10.1 Å². The molecule has 2 aromatic carbocycles. The number of rotatable bonds is 8. The normalized spacial score (nSPS) is 12.2. The summed E-state index contributed by atoms with van der Waals surface area (Å²) in [5, 5.41) is 22.9. The van der Waals surface area contributed by atoms with Crippen molar-refractivity contribution in [2.24, 2.45) is 0 Å². The Kier molecular flexibility index (Phi) is 8.34. The first-order valence-corrected chi connectivity index (χ1v) is 11.4. The summed E-state index contributed by atoms with van der Waals surface area (Å²) in [4.78, 5) is 35.1. The van der Waals surface area contributed by atoms with E-state index in [0.717, 1.165) is 0 Å². The molecule has 0 heterocycles. The zero-order valence-corrected chi connectivity index (χ0v) is 19.5. The number of aromatic carboxylic acids is 1. The van der Waals surface area contributed by atoms with Gasteiger partial charge in [-0.15, -0.1) is 0 Å². The number of carbonyl (C=O) groups is 3. The molecule has 2 aromatic rings. The Bertz CT molecular complexity index is 1200. The fourth-order valence-corrected chi connectivity index (χ4v) is 3.79. The van der Waals surface area contributed by atoms with Crippen LogP contribution < -0.4 is 15.4 Å². The number of carboxylic acid groups (broad SMARTS) is 1. The number of benzene rings is 2. The first kappa shape index (κ1) is 26.3. The van der Waals surface area contributed by atoms with Crippen LogP contribution in [0.4, 0.5) is 16.2 Å². The van der Waals surface area contributed by atoms with Crippen molar-refractivity contribution in [3.05, 3.63) is 54.1 Å². The van der Waals surface area contributed by atoms with Crippen molar-refractivity contribution in [2.45, 2.75) is 43.7 Å². The molecule has 0 aliphatic heterocycles. The van der Waals surface area contributed by atoms with Crippen molar-refractivity contribution in [3.63, 3.8) is 0 Å². The molecular formula is C22H24N4O7S. The number of nitrogens with zero attached hydrogens (tertiary/aromatic N) is 1. The summed E-state index contributed by atoms with van der Waals surface area (Å²) >= 11 is 0. The third-order valence-electron chi connectivity index (χ3n) is 4.12. The van der Waals surface area contributed by atoms with Crippen LogP contribution in [0.3, 0.4) is 0 Å². The Morgan fingerprint density at radius 1 is 1.00 bits per heavy atom. The smallest absolute Gasteiger partial charge is 0.412 e. The molecule has 2 amide bonds. The van der Waals surface area contributed by atoms with Crippen LogP contribution in [0.5, 0.6) is 0 Å². The third kappa shape index (κ3) is 7.88. The second kappa shape index (κ2) is 10.8. The van der Waals surface area contributed by atoms with Gasteiger partial charge in [0.2, 0.25) is 15.9 Å². The van der Waals surface area contributed by atoms with Crippen molar-refractivity contribution in [3.8, 4) is 6.07 Å². The first-order chi connectivity index (χ1) is 15.8. The Hall–Kier alpha value is -3.95. The number of anilines is 2. The van der Waals surface area contributed by atoms with Crippen LogP contribution in [0.25, 0.3) is 0 Å². The highest BCUT2D eigenvalue weighted by Gasteiger charge is 2.26. The number of sulfonamides is 1. The van der Waals surface area contributed by atoms with E-state index in [2.05, 4.69) is 15.4 Å². The molecule has 0 radical (unpaired) electrons. The molecule has 1 atom stereocenters. The second-order valence-electron chi connectivity index (χ2n) is 8.06. The van der Waals surface area contributed by atoms with Crippen LogP contribution in [-0.2, 0) is 19.6 Å². The van der Waals surface area contributed by atoms with Crippen molar-refractivity contribution in [1.29, 1.82) is 5.26 Å². The van der Waals surface area contributed by atoms with Crippen LogP contribution in [-0.4, -0.2) is 43.1 Å². The maximum absolute atomic E-state index is 12.7. The van der Waals surface area contributed by atoms with Crippen LogP contribution in [0, 0.1) is 11.3 Å². The van der Waals surface area contributed by atoms with Gasteiger partial charge in [0.05, 0.1) is 22.9 Å². The Morgan fingerprint density at radius 3 is 2.03 bits per heavy atom. The maximum Gasteiger partial charge on any atom is 0.412 e. The Labute approximate surface area is 196 Å². The quantitative estimate of drug-likeness (QED) is 0.438. The predicted octanol–water partition coefficient (Wildman–Crippen LogP) is 2.93. The molecule has 12 heteroatoms. The predicted molar refractivity (Wildman–Crippen MR) is 123 cm³/mol. The van der Waals surface area contributed by atoms with Gasteiger partial charge >= 0.3 is 12.1 Å². The van der Waals surface area contributed by atoms with Crippen LogP contribution in [0.15, 0.2) is 53.4 Å². The van der Waals surface area contributed by atoms with Gasteiger partial charge in [0.15, 0.2) is 0 Å². The third-order valence-corrected chi connectivity index (χ3v) is 5.61. The summed E-state index contributed by atoms with van der Waals surface area (Å²) in [5.41, 5.74) is -0.165. The number of nitriles is 1. The first-order valence-electron chi connectivity index (χ1n) is 9.94. The molecule has 0 aliphatic rings. The Balaban J connectivity index is 2.10. The molecule has 11 nitrogen and oxygen atoms in total. The van der Waals surface area contributed by atoms with Gasteiger partial charge in [0.25, 0.3) is 0 Å². The lowest BCUT2D eigenvalue weighted by Gasteiger charge is -2.19. The van der Waals surface area contributed by atoms with Gasteiger partial charge in [-0.1, -0.05) is 0 Å². The van der Waals surface area contributed by atoms with Crippen LogP contribution in [0.2, 0.25) is 0 Å². The number of carboxylic acids is 1. The summed E-state index contributed by atoms with van der Waals surface area (Å²) in [7, 11) is -4.19. The summed E-state index contributed by atoms with van der Waals surface area (Å²) < 4.78 is 32.8. The molecule has 1 unspecified atom stereocenters. The van der Waals surface area contributed by atoms with Crippen LogP contribution >= 0.6 is 0 Å². The fraction of sp³-hybridized carbons (Fsp3) is 0.273. The molecule has 0 bridgehead atoms. The highest BCUT2D eigenvalue weighted by atomic mass is 32.2. The SMILES string of the molecule is CC(C)(C)OC(=O)Nc1ccc(S(=O)(=O)NC(CC#N)C(=O)Nc2ccc(C(=O)O)cc2)cc1. The van der Waals surface area contributed by atoms with Gasteiger partial charge in [-0.05, 0) is 69.3 Å². The average Bonchev–Trinajstić information content (AvgIpc) is 2.72. The molecule has 180 valence electrons. The second-order valence-corrected chi connectivity index (χ2v) is 9.77. The molecule has 0 aromatic heterocycles. The number of hydrogen-bond acceptors (Lipinski definition) is 7. The largest absolute Gasteiger partial charge is 0.478 e. The standard InChI is InChI=1S/C22H24N4O7S/c1-22(2,3)33-21(30)25-16-8-10-17(11-9-16)34(31,32)26-18(12-13-23)19(27)24-15-6-4-14(5-7-15)20(28)29/h4-11,18,26H,12H2,1-3H3,(H,24,27)(H,25,30)(H,28,29). The minimum atomic E-state index is -4.19. The molecule has 0 saturated heterocycles. The number of hydrogen-bond donors (Lipinski definition) is 4. The van der Waals surface area contributed by atoms with Crippen molar-refractivity contribution in [2.75, 3.05) is 10.6 Å². The molecule has 4 N–H and O–H groups in total. The Morgan fingerprint density at radius 2 is 1.53 bits per heavy atom. The molecule has 0 saturated carbocycles. The van der Waals surface area contributed by atoms with E-state index in [4.69, 9.17) is 15.1 Å². The molecule has 0 spiro atoms. The van der Waals surface area contributed by atoms with E-state index in [-0.39, 0.29) is 16.1 Å². The molecule has 34 heavy (non-hydrogen) atoms. The van der Waals surface area contributed by atoms with Crippen molar-refractivity contribution >= 4 is 39.4 Å². The van der Waals surface area contributed by atoms with E-state index in [1.165, 1.54) is 48.5 Å². The zero-order chi connectivity index (χ0) is 25.5. The van der Waals surface area contributed by atoms with E-state index < -0.39 is 46.1 Å². The average molecular weight is 489 g/mol. The highest BCUT2D eigenvalue weighted by Crippen LogP contribution is 2.17. The van der Waals surface area contributed by atoms with E-state index in [0.29, 0.717) is 5.69 Å². The van der Waals surface area contributed by atoms with Crippen LogP contribution in [0.1, 0.15) is 37.6 Å². The van der Waals surface area contributed by atoms with Gasteiger partial charge in [-0.25, -0.2) is 18.0 Å². The molecular weight excluding hydrogens is 464 g/mol. The van der Waals surface area contributed by atoms with E-state index in [9.17, 15) is 22.8 Å². The number of carbonyl (C=O) groups excluding carboxylic acids is 2. The topological polar surface area (TPSA) is 175 Å². The van der Waals surface area contributed by atoms with Gasteiger partial charge in [-0.2, -0.15) is 9.98 Å². The molecule has 2 rings (SSSR count). The summed E-state index contributed by atoms with van der Waals surface area (Å²) in [6.45, 7) is 5.10. The molecule has 0 aliphatic carbocycles. The van der Waals surface area contributed by atoms with E-state index >= 15 is 0 Å². The lowest BCUT2D eigenvalue weighted by Crippen LogP contribution is -2.43. The minimum Gasteiger partial charge on any atom is -0.478 e. The number of amides is 2. The lowest BCUT2D eigenvalue weighted by molar-refractivity contribution is -0.117. The maximum atomic E-state index is 12.7. The summed E-state index contributed by atoms with van der Waals surface area (Å²) in [5.74, 6) is -1.93. The fourth-order valence-electron chi connectivity index (χ4n) is 2.60. The number of ether oxygens (including phenoxy) is 1. The highest BCUT2D eigenvalue weighted by molar-refractivity contribution is 7.89. The van der Waals surface area contributed by atoms with Gasteiger partial charge < -0.3 is 15.2 Å².